The van der Waals surface area contributed by atoms with Crippen LogP contribution in [0.5, 0.6) is 0 Å². The molecule has 0 aromatic heterocycles. The van der Waals surface area contributed by atoms with E-state index in [1.807, 2.05) is 6.07 Å². The zero-order valence-electron chi connectivity index (χ0n) is 10.3. The summed E-state index contributed by atoms with van der Waals surface area (Å²) in [5.74, 6) is -0.804. The minimum Gasteiger partial charge on any atom is -0.343 e. The maximum absolute atomic E-state index is 11.9. The van der Waals surface area contributed by atoms with Gasteiger partial charge in [-0.25, -0.2) is 8.42 Å². The fraction of sp³-hybridized carbons (Fsp3) is 0.800. The first-order valence-electron chi connectivity index (χ1n) is 4.88. The Balaban J connectivity index is 4.90. The van der Waals surface area contributed by atoms with Crippen molar-refractivity contribution in [2.24, 2.45) is 5.92 Å². The highest BCUT2D eigenvalue weighted by molar-refractivity contribution is 7.92. The van der Waals surface area contributed by atoms with E-state index in [0.717, 1.165) is 6.26 Å². The van der Waals surface area contributed by atoms with E-state index in [0.29, 0.717) is 0 Å². The van der Waals surface area contributed by atoms with Crippen LogP contribution in [-0.4, -0.2) is 43.8 Å². The number of nitriles is 1. The molecule has 0 N–H and O–H groups in total. The van der Waals surface area contributed by atoms with Crippen molar-refractivity contribution in [1.82, 2.24) is 4.90 Å². The Bertz CT molecular complexity index is 406. The summed E-state index contributed by atoms with van der Waals surface area (Å²) in [6.45, 7) is 4.65. The number of rotatable bonds is 4. The minimum absolute atomic E-state index is 0.230. The summed E-state index contributed by atoms with van der Waals surface area (Å²) in [6.07, 6.45) is 1.03. The maximum atomic E-state index is 11.9. The molecule has 0 aromatic rings. The lowest BCUT2D eigenvalue weighted by Gasteiger charge is -2.28. The van der Waals surface area contributed by atoms with Gasteiger partial charge in [0.1, 0.15) is 4.75 Å². The van der Waals surface area contributed by atoms with Crippen LogP contribution in [0.15, 0.2) is 0 Å². The Morgan fingerprint density at radius 2 is 1.94 bits per heavy atom. The van der Waals surface area contributed by atoms with Gasteiger partial charge in [0.25, 0.3) is 0 Å². The molecule has 0 fully saturated rings. The average molecular weight is 246 g/mol. The molecule has 0 aliphatic rings. The quantitative estimate of drug-likeness (QED) is 0.720. The Morgan fingerprint density at radius 3 is 2.25 bits per heavy atom. The summed E-state index contributed by atoms with van der Waals surface area (Å²) in [5.41, 5.74) is 0. The summed E-state index contributed by atoms with van der Waals surface area (Å²) in [6, 6.07) is 2.00. The highest BCUT2D eigenvalue weighted by atomic mass is 32.2. The topological polar surface area (TPSA) is 78.2 Å². The Hall–Kier alpha value is -1.09. The summed E-state index contributed by atoms with van der Waals surface area (Å²) < 4.78 is 21.4. The molecule has 1 unspecified atom stereocenters. The summed E-state index contributed by atoms with van der Waals surface area (Å²) in [5, 5.41) is 8.62. The van der Waals surface area contributed by atoms with Crippen LogP contribution in [0.4, 0.5) is 0 Å². The molecular formula is C10H18N2O3S. The van der Waals surface area contributed by atoms with Crippen molar-refractivity contribution >= 4 is 15.7 Å². The highest BCUT2D eigenvalue weighted by Crippen LogP contribution is 2.18. The predicted molar refractivity (Wildman–Crippen MR) is 61.3 cm³/mol. The molecule has 0 heterocycles. The van der Waals surface area contributed by atoms with Gasteiger partial charge in [-0.3, -0.25) is 4.79 Å². The monoisotopic (exact) mass is 246 g/mol. The lowest BCUT2D eigenvalue weighted by molar-refractivity contribution is -0.132. The second-order valence-electron chi connectivity index (χ2n) is 4.50. The molecule has 0 radical (unpaired) electrons. The summed E-state index contributed by atoms with van der Waals surface area (Å²) >= 11 is 0. The van der Waals surface area contributed by atoms with Crippen molar-refractivity contribution in [3.63, 3.8) is 0 Å². The maximum Gasteiger partial charge on any atom is 0.243 e. The van der Waals surface area contributed by atoms with E-state index in [9.17, 15) is 13.2 Å². The fourth-order valence-corrected chi connectivity index (χ4v) is 1.63. The van der Waals surface area contributed by atoms with E-state index in [1.165, 1.54) is 25.8 Å². The van der Waals surface area contributed by atoms with Crippen molar-refractivity contribution < 1.29 is 13.2 Å². The molecule has 0 aromatic carbocycles. The number of hydrogen-bond donors (Lipinski definition) is 0. The lowest BCUT2D eigenvalue weighted by atomic mass is 10.1. The van der Waals surface area contributed by atoms with Gasteiger partial charge in [-0.2, -0.15) is 5.26 Å². The van der Waals surface area contributed by atoms with Gasteiger partial charge < -0.3 is 4.90 Å². The van der Waals surface area contributed by atoms with Crippen molar-refractivity contribution in [2.75, 3.05) is 19.8 Å². The second-order valence-corrected chi connectivity index (χ2v) is 7.06. The van der Waals surface area contributed by atoms with Gasteiger partial charge in [0.05, 0.1) is 12.0 Å². The van der Waals surface area contributed by atoms with Crippen LogP contribution in [0.1, 0.15) is 20.8 Å². The first-order valence-corrected chi connectivity index (χ1v) is 6.78. The first-order chi connectivity index (χ1) is 7.04. The van der Waals surface area contributed by atoms with E-state index >= 15 is 0 Å². The largest absolute Gasteiger partial charge is 0.343 e. The van der Waals surface area contributed by atoms with Crippen LogP contribution in [0.2, 0.25) is 0 Å². The molecule has 1 atom stereocenters. The molecule has 5 nitrogen and oxygen atoms in total. The van der Waals surface area contributed by atoms with Crippen LogP contribution in [0, 0.1) is 17.2 Å². The number of amides is 1. The first kappa shape index (κ1) is 14.9. The van der Waals surface area contributed by atoms with Crippen molar-refractivity contribution in [3.05, 3.63) is 0 Å². The number of nitrogens with zero attached hydrogens (tertiary/aromatic N) is 2. The number of hydrogen-bond acceptors (Lipinski definition) is 4. The lowest BCUT2D eigenvalue weighted by Crippen LogP contribution is -2.49. The normalized spacial score (nSPS) is 14.0. The Morgan fingerprint density at radius 1 is 1.50 bits per heavy atom. The van der Waals surface area contributed by atoms with Crippen molar-refractivity contribution in [3.8, 4) is 6.07 Å². The Kier molecular flexibility index (Phi) is 4.50. The standard InChI is InChI=1S/C10H18N2O3S/c1-8(6-11)7-12(4)9(13)10(2,3)16(5,14)15/h8H,7H2,1-5H3. The Labute approximate surface area is 97.0 Å². The predicted octanol–water partition coefficient (Wildman–Crippen LogP) is 0.428. The smallest absolute Gasteiger partial charge is 0.243 e. The SMILES string of the molecule is CC(C#N)CN(C)C(=O)C(C)(C)S(C)(=O)=O. The van der Waals surface area contributed by atoms with Gasteiger partial charge in [0.15, 0.2) is 9.84 Å². The van der Waals surface area contributed by atoms with E-state index in [-0.39, 0.29) is 12.5 Å². The molecule has 1 amide bonds. The van der Waals surface area contributed by atoms with Gasteiger partial charge in [-0.1, -0.05) is 0 Å². The minimum atomic E-state index is -3.46. The molecule has 0 rings (SSSR count). The molecule has 92 valence electrons. The molecule has 0 aliphatic carbocycles. The number of sulfone groups is 1. The van der Waals surface area contributed by atoms with E-state index in [1.54, 1.807) is 6.92 Å². The van der Waals surface area contributed by atoms with Crippen LogP contribution >= 0.6 is 0 Å². The van der Waals surface area contributed by atoms with Gasteiger partial charge in [-0.05, 0) is 20.8 Å². The molecule has 16 heavy (non-hydrogen) atoms. The number of carbonyl (C=O) groups excluding carboxylic acids is 1. The van der Waals surface area contributed by atoms with Gasteiger partial charge in [0.2, 0.25) is 5.91 Å². The third-order valence-electron chi connectivity index (χ3n) is 2.56. The average Bonchev–Trinajstić information content (AvgIpc) is 2.14. The van der Waals surface area contributed by atoms with E-state index in [2.05, 4.69) is 0 Å². The molecule has 6 heteroatoms. The zero-order valence-corrected chi connectivity index (χ0v) is 11.1. The third-order valence-corrected chi connectivity index (χ3v) is 4.59. The van der Waals surface area contributed by atoms with Crippen molar-refractivity contribution in [1.29, 1.82) is 5.26 Å². The fourth-order valence-electron chi connectivity index (χ4n) is 1.15. The number of carbonyl (C=O) groups is 1. The molecule has 0 aliphatic heterocycles. The molecule has 0 saturated heterocycles. The van der Waals surface area contributed by atoms with Crippen molar-refractivity contribution in [2.45, 2.75) is 25.5 Å². The van der Waals surface area contributed by atoms with Gasteiger partial charge >= 0.3 is 0 Å². The van der Waals surface area contributed by atoms with E-state index < -0.39 is 20.5 Å². The highest BCUT2D eigenvalue weighted by Gasteiger charge is 2.40. The summed E-state index contributed by atoms with van der Waals surface area (Å²) in [7, 11) is -1.96. The molecule has 0 spiro atoms. The summed E-state index contributed by atoms with van der Waals surface area (Å²) in [4.78, 5) is 13.2. The molecule has 0 bridgehead atoms. The molecular weight excluding hydrogens is 228 g/mol. The van der Waals surface area contributed by atoms with Crippen LogP contribution in [0.3, 0.4) is 0 Å². The van der Waals surface area contributed by atoms with Crippen LogP contribution in [0.25, 0.3) is 0 Å². The molecule has 0 saturated carbocycles. The second kappa shape index (κ2) is 4.83. The van der Waals surface area contributed by atoms with Crippen LogP contribution < -0.4 is 0 Å². The zero-order chi connectivity index (χ0) is 13.1. The van der Waals surface area contributed by atoms with Gasteiger partial charge in [0, 0.05) is 19.8 Å². The van der Waals surface area contributed by atoms with Gasteiger partial charge in [-0.15, -0.1) is 0 Å². The third kappa shape index (κ3) is 3.20. The van der Waals surface area contributed by atoms with E-state index in [4.69, 9.17) is 5.26 Å². The van der Waals surface area contributed by atoms with Crippen LogP contribution in [-0.2, 0) is 14.6 Å².